The third-order valence-electron chi connectivity index (χ3n) is 3.42. The average molecular weight is 402 g/mol. The van der Waals surface area contributed by atoms with Crippen LogP contribution in [0.1, 0.15) is 5.56 Å². The van der Waals surface area contributed by atoms with E-state index in [1.807, 2.05) is 30.3 Å². The lowest BCUT2D eigenvalue weighted by molar-refractivity contribution is 1.01. The van der Waals surface area contributed by atoms with Crippen molar-refractivity contribution in [2.45, 2.75) is 0 Å². The highest BCUT2D eigenvalue weighted by Gasteiger charge is 2.09. The van der Waals surface area contributed by atoms with Crippen molar-refractivity contribution in [3.63, 3.8) is 0 Å². The minimum atomic E-state index is 0.318. The van der Waals surface area contributed by atoms with E-state index in [9.17, 15) is 0 Å². The first-order valence-electron chi connectivity index (χ1n) is 7.05. The first-order chi connectivity index (χ1) is 11.7. The Kier molecular flexibility index (Phi) is 3.87. The zero-order chi connectivity index (χ0) is 16.5. The third kappa shape index (κ3) is 2.95. The highest BCUT2D eigenvalue weighted by molar-refractivity contribution is 9.10. The lowest BCUT2D eigenvalue weighted by Gasteiger charge is -1.97. The molecule has 2 aromatic carbocycles. The zero-order valence-corrected chi connectivity index (χ0v) is 14.5. The molecule has 0 spiro atoms. The highest BCUT2D eigenvalue weighted by atomic mass is 79.9. The Balaban J connectivity index is 1.60. The van der Waals surface area contributed by atoms with E-state index < -0.39 is 0 Å². The second-order valence-electron chi connectivity index (χ2n) is 5.07. The molecule has 8 heteroatoms. The summed E-state index contributed by atoms with van der Waals surface area (Å²) in [5.74, 6) is 0.318. The monoisotopic (exact) mass is 400 g/mol. The molecule has 4 aromatic rings. The predicted octanol–water partition coefficient (Wildman–Crippen LogP) is 4.37. The number of H-pyrrole nitrogens is 1. The van der Waals surface area contributed by atoms with Gasteiger partial charge in [0, 0.05) is 20.4 Å². The van der Waals surface area contributed by atoms with Crippen LogP contribution in [-0.2, 0) is 0 Å². The second-order valence-corrected chi connectivity index (χ2v) is 6.42. The van der Waals surface area contributed by atoms with E-state index in [-0.39, 0.29) is 0 Å². The molecule has 0 radical (unpaired) electrons. The predicted molar refractivity (Wildman–Crippen MR) is 99.6 cm³/mol. The van der Waals surface area contributed by atoms with Crippen LogP contribution in [0.15, 0.2) is 52.0 Å². The van der Waals surface area contributed by atoms with Crippen LogP contribution in [0.5, 0.6) is 0 Å². The molecule has 2 aromatic heterocycles. The molecule has 4 rings (SSSR count). The summed E-state index contributed by atoms with van der Waals surface area (Å²) in [6, 6.07) is 13.2. The van der Waals surface area contributed by atoms with Gasteiger partial charge in [-0.25, -0.2) is 5.43 Å². The second kappa shape index (κ2) is 6.18. The maximum absolute atomic E-state index is 5.85. The minimum absolute atomic E-state index is 0.318. The van der Waals surface area contributed by atoms with E-state index in [1.165, 1.54) is 0 Å². The molecule has 0 aliphatic carbocycles. The summed E-state index contributed by atoms with van der Waals surface area (Å²) in [6.45, 7) is 0. The van der Waals surface area contributed by atoms with E-state index in [2.05, 4.69) is 46.6 Å². The van der Waals surface area contributed by atoms with Gasteiger partial charge in [0.05, 0.1) is 6.21 Å². The Morgan fingerprint density at radius 1 is 1.12 bits per heavy atom. The number of nitrogens with one attached hydrogen (secondary N) is 2. The number of hydrogen-bond acceptors (Lipinski definition) is 5. The molecule has 0 unspecified atom stereocenters. The van der Waals surface area contributed by atoms with Crippen molar-refractivity contribution < 1.29 is 0 Å². The molecule has 0 saturated carbocycles. The molecule has 0 aliphatic rings. The van der Waals surface area contributed by atoms with Crippen molar-refractivity contribution in [1.82, 2.24) is 20.2 Å². The fraction of sp³-hybridized carbons (Fsp3) is 0. The highest BCUT2D eigenvalue weighted by Crippen LogP contribution is 2.25. The van der Waals surface area contributed by atoms with Gasteiger partial charge < -0.3 is 4.98 Å². The number of aromatic amines is 1. The number of halogens is 2. The maximum atomic E-state index is 5.85. The molecular weight excluding hydrogens is 392 g/mol. The van der Waals surface area contributed by atoms with Gasteiger partial charge in [-0.15, -0.1) is 10.2 Å². The van der Waals surface area contributed by atoms with Crippen LogP contribution in [0.3, 0.4) is 0 Å². The Morgan fingerprint density at radius 3 is 2.79 bits per heavy atom. The van der Waals surface area contributed by atoms with Gasteiger partial charge in [0.25, 0.3) is 5.95 Å². The summed E-state index contributed by atoms with van der Waals surface area (Å²) in [7, 11) is 0. The quantitative estimate of drug-likeness (QED) is 0.395. The van der Waals surface area contributed by atoms with Gasteiger partial charge in [0.2, 0.25) is 0 Å². The van der Waals surface area contributed by atoms with Crippen LogP contribution in [-0.4, -0.2) is 26.4 Å². The average Bonchev–Trinajstić information content (AvgIpc) is 2.94. The summed E-state index contributed by atoms with van der Waals surface area (Å²) < 4.78 is 0.979. The van der Waals surface area contributed by atoms with E-state index in [1.54, 1.807) is 18.3 Å². The first kappa shape index (κ1) is 15.0. The van der Waals surface area contributed by atoms with Crippen molar-refractivity contribution >= 4 is 61.8 Å². The van der Waals surface area contributed by atoms with Crippen LogP contribution < -0.4 is 5.43 Å². The Morgan fingerprint density at radius 2 is 1.96 bits per heavy atom. The van der Waals surface area contributed by atoms with E-state index in [4.69, 9.17) is 11.6 Å². The normalized spacial score (nSPS) is 11.6. The molecule has 2 N–H and O–H groups in total. The molecule has 24 heavy (non-hydrogen) atoms. The Hall–Kier alpha value is -2.51. The number of rotatable bonds is 3. The number of fused-ring (bicyclic) bond motifs is 3. The van der Waals surface area contributed by atoms with Gasteiger partial charge in [-0.2, -0.15) is 10.1 Å². The van der Waals surface area contributed by atoms with Crippen molar-refractivity contribution in [3.05, 3.63) is 57.5 Å². The molecule has 0 amide bonds. The molecule has 6 nitrogen and oxygen atoms in total. The smallest absolute Gasteiger partial charge is 0.265 e. The molecule has 0 saturated heterocycles. The Bertz CT molecular complexity index is 1060. The Labute approximate surface area is 150 Å². The van der Waals surface area contributed by atoms with E-state index in [0.29, 0.717) is 16.6 Å². The number of nitrogens with zero attached hydrogens (tertiary/aromatic N) is 4. The first-order valence-corrected chi connectivity index (χ1v) is 8.22. The number of aromatic nitrogens is 4. The number of hydrazone groups is 1. The largest absolute Gasteiger partial charge is 0.338 e. The van der Waals surface area contributed by atoms with Crippen LogP contribution in [0, 0.1) is 0 Å². The van der Waals surface area contributed by atoms with Crippen molar-refractivity contribution in [1.29, 1.82) is 0 Å². The summed E-state index contributed by atoms with van der Waals surface area (Å²) in [5, 5.41) is 14.1. The molecule has 2 heterocycles. The fourth-order valence-corrected chi connectivity index (χ4v) is 2.79. The lowest BCUT2D eigenvalue weighted by Crippen LogP contribution is -1.98. The maximum Gasteiger partial charge on any atom is 0.265 e. The standard InChI is InChI=1S/C16H10BrClN6/c17-10-3-6-13-12(7-10)14-15(20-13)21-16(24-22-14)23-19-8-9-1-4-11(18)5-2-9/h1-8H,(H2,20,21,23,24). The topological polar surface area (TPSA) is 78.8 Å². The van der Waals surface area contributed by atoms with E-state index >= 15 is 0 Å². The van der Waals surface area contributed by atoms with Gasteiger partial charge in [0.15, 0.2) is 5.65 Å². The molecular formula is C16H10BrClN6. The van der Waals surface area contributed by atoms with Gasteiger partial charge in [-0.05, 0) is 35.9 Å². The van der Waals surface area contributed by atoms with Gasteiger partial charge in [0.1, 0.15) is 5.52 Å². The summed E-state index contributed by atoms with van der Waals surface area (Å²) in [5.41, 5.74) is 6.02. The lowest BCUT2D eigenvalue weighted by atomic mass is 10.2. The summed E-state index contributed by atoms with van der Waals surface area (Å²) in [4.78, 5) is 7.62. The fourth-order valence-electron chi connectivity index (χ4n) is 2.30. The molecule has 0 aliphatic heterocycles. The van der Waals surface area contributed by atoms with Gasteiger partial charge in [-0.1, -0.05) is 39.7 Å². The minimum Gasteiger partial charge on any atom is -0.338 e. The van der Waals surface area contributed by atoms with Crippen LogP contribution in [0.25, 0.3) is 22.1 Å². The number of anilines is 1. The number of benzene rings is 2. The van der Waals surface area contributed by atoms with Crippen molar-refractivity contribution in [2.75, 3.05) is 5.43 Å². The van der Waals surface area contributed by atoms with Crippen molar-refractivity contribution in [3.8, 4) is 0 Å². The molecule has 0 fully saturated rings. The van der Waals surface area contributed by atoms with E-state index in [0.717, 1.165) is 26.5 Å². The summed E-state index contributed by atoms with van der Waals surface area (Å²) in [6.07, 6.45) is 1.66. The van der Waals surface area contributed by atoms with Gasteiger partial charge in [-0.3, -0.25) is 0 Å². The van der Waals surface area contributed by atoms with Crippen LogP contribution in [0.4, 0.5) is 5.95 Å². The third-order valence-corrected chi connectivity index (χ3v) is 4.17. The van der Waals surface area contributed by atoms with Gasteiger partial charge >= 0.3 is 0 Å². The van der Waals surface area contributed by atoms with Crippen LogP contribution >= 0.6 is 27.5 Å². The van der Waals surface area contributed by atoms with Crippen molar-refractivity contribution in [2.24, 2.45) is 5.10 Å². The number of hydrogen-bond donors (Lipinski definition) is 2. The molecule has 0 bridgehead atoms. The SMILES string of the molecule is Clc1ccc(C=NNc2nnc3c(n2)[nH]c2ccc(Br)cc23)cc1. The molecule has 0 atom stereocenters. The van der Waals surface area contributed by atoms with Crippen LogP contribution in [0.2, 0.25) is 5.02 Å². The summed E-state index contributed by atoms with van der Waals surface area (Å²) >= 11 is 9.30. The molecule has 118 valence electrons. The zero-order valence-electron chi connectivity index (χ0n) is 12.2.